The number of amides is 3. The summed E-state index contributed by atoms with van der Waals surface area (Å²) in [5, 5.41) is 3.59. The molecule has 136 valence electrons. The van der Waals surface area contributed by atoms with Crippen LogP contribution in [0.15, 0.2) is 18.2 Å². The van der Waals surface area contributed by atoms with Crippen molar-refractivity contribution in [1.29, 1.82) is 0 Å². The average Bonchev–Trinajstić information content (AvgIpc) is 3.22. The number of hydrogen-bond acceptors (Lipinski definition) is 4. The van der Waals surface area contributed by atoms with Crippen LogP contribution in [0.4, 0.5) is 4.79 Å². The van der Waals surface area contributed by atoms with Gasteiger partial charge >= 0.3 is 12.0 Å². The summed E-state index contributed by atoms with van der Waals surface area (Å²) < 4.78 is 5.12. The molecule has 1 aromatic heterocycles. The van der Waals surface area contributed by atoms with E-state index < -0.39 is 24.5 Å². The van der Waals surface area contributed by atoms with Crippen molar-refractivity contribution >= 4 is 28.8 Å². The Labute approximate surface area is 150 Å². The van der Waals surface area contributed by atoms with Crippen LogP contribution >= 0.6 is 0 Å². The molecule has 2 aromatic rings. The number of nitrogens with one attached hydrogen (secondary N) is 2. The fourth-order valence-corrected chi connectivity index (χ4v) is 3.72. The molecule has 3 amide bonds. The molecule has 4 rings (SSSR count). The maximum atomic E-state index is 12.3. The van der Waals surface area contributed by atoms with Crippen LogP contribution in [0.3, 0.4) is 0 Å². The predicted octanol–water partition coefficient (Wildman–Crippen LogP) is 2.00. The fraction of sp³-hybridized carbons (Fsp3) is 0.421. The number of H-pyrrole nitrogens is 1. The monoisotopic (exact) mass is 355 g/mol. The molecule has 1 unspecified atom stereocenters. The number of nitrogens with zero attached hydrogens (tertiary/aromatic N) is 1. The molecule has 2 heterocycles. The Morgan fingerprint density at radius 3 is 2.96 bits per heavy atom. The first-order valence-corrected chi connectivity index (χ1v) is 8.91. The van der Waals surface area contributed by atoms with E-state index in [4.69, 9.17) is 4.74 Å². The van der Waals surface area contributed by atoms with E-state index >= 15 is 0 Å². The van der Waals surface area contributed by atoms with E-state index in [1.54, 1.807) is 6.07 Å². The van der Waals surface area contributed by atoms with Crippen molar-refractivity contribution in [2.24, 2.45) is 5.92 Å². The number of esters is 1. The molecule has 0 radical (unpaired) electrons. The third-order valence-electron chi connectivity index (χ3n) is 5.15. The van der Waals surface area contributed by atoms with Crippen LogP contribution in [0.25, 0.3) is 10.9 Å². The highest BCUT2D eigenvalue weighted by atomic mass is 16.5. The topological polar surface area (TPSA) is 91.5 Å². The summed E-state index contributed by atoms with van der Waals surface area (Å²) in [5.41, 5.74) is 3.96. The molecule has 0 bridgehead atoms. The summed E-state index contributed by atoms with van der Waals surface area (Å²) in [5.74, 6) is -0.442. The van der Waals surface area contributed by atoms with Gasteiger partial charge in [0.15, 0.2) is 6.61 Å². The normalized spacial score (nSPS) is 19.3. The minimum atomic E-state index is -0.557. The summed E-state index contributed by atoms with van der Waals surface area (Å²) in [4.78, 5) is 40.3. The highest BCUT2D eigenvalue weighted by molar-refractivity contribution is 5.99. The summed E-state index contributed by atoms with van der Waals surface area (Å²) in [7, 11) is 0. The number of ether oxygens (including phenoxy) is 1. The van der Waals surface area contributed by atoms with Gasteiger partial charge in [0.25, 0.3) is 5.91 Å². The molecule has 1 atom stereocenters. The number of carbonyl (C=O) groups is 3. The summed E-state index contributed by atoms with van der Waals surface area (Å²) in [6, 6.07) is 4.96. The largest absolute Gasteiger partial charge is 0.452 e. The van der Waals surface area contributed by atoms with E-state index in [-0.39, 0.29) is 0 Å². The minimum absolute atomic E-state index is 0.300. The number of imide groups is 1. The third kappa shape index (κ3) is 2.94. The molecule has 0 saturated carbocycles. The Hall–Kier alpha value is -2.83. The molecule has 26 heavy (non-hydrogen) atoms. The van der Waals surface area contributed by atoms with Crippen molar-refractivity contribution in [2.75, 3.05) is 19.7 Å². The van der Waals surface area contributed by atoms with E-state index in [0.717, 1.165) is 28.6 Å². The molecule has 2 aliphatic rings. The standard InChI is InChI=1S/C19H21N3O4/c1-11-2-4-15-13(8-11)14-9-12(3-5-16(14)21-15)18(24)26-10-17(23)22-7-6-20-19(22)25/h3,5,9,11,21H,2,4,6-8,10H2,1H3,(H,20,25). The number of hydrogen-bond donors (Lipinski definition) is 2. The molecule has 7 heteroatoms. The number of fused-ring (bicyclic) bond motifs is 3. The van der Waals surface area contributed by atoms with Crippen LogP contribution < -0.4 is 5.32 Å². The maximum Gasteiger partial charge on any atom is 0.338 e. The van der Waals surface area contributed by atoms with E-state index in [2.05, 4.69) is 17.2 Å². The Bertz CT molecular complexity index is 902. The zero-order valence-electron chi connectivity index (χ0n) is 14.6. The van der Waals surface area contributed by atoms with Crippen molar-refractivity contribution in [3.8, 4) is 0 Å². The lowest BCUT2D eigenvalue weighted by Crippen LogP contribution is -2.37. The Morgan fingerprint density at radius 2 is 2.19 bits per heavy atom. The molecule has 0 spiro atoms. The van der Waals surface area contributed by atoms with Crippen LogP contribution in [-0.2, 0) is 22.4 Å². The van der Waals surface area contributed by atoms with Gasteiger partial charge in [-0.05, 0) is 48.9 Å². The SMILES string of the molecule is CC1CCc2[nH]c3ccc(C(=O)OCC(=O)N4CCNC4=O)cc3c2C1. The van der Waals surface area contributed by atoms with Crippen molar-refractivity contribution in [3.63, 3.8) is 0 Å². The van der Waals surface area contributed by atoms with Crippen LogP contribution in [0.5, 0.6) is 0 Å². The molecule has 1 aliphatic carbocycles. The van der Waals surface area contributed by atoms with Gasteiger partial charge in [0.05, 0.1) is 5.56 Å². The number of carbonyl (C=O) groups excluding carboxylic acids is 3. The fourth-order valence-electron chi connectivity index (χ4n) is 3.72. The Kier molecular flexibility index (Phi) is 4.14. The lowest BCUT2D eigenvalue weighted by Gasteiger charge is -2.18. The number of aryl methyl sites for hydroxylation is 1. The van der Waals surface area contributed by atoms with Crippen LogP contribution in [-0.4, -0.2) is 47.5 Å². The number of aromatic nitrogens is 1. The van der Waals surface area contributed by atoms with E-state index in [1.165, 1.54) is 17.7 Å². The van der Waals surface area contributed by atoms with Crippen LogP contribution in [0.2, 0.25) is 0 Å². The van der Waals surface area contributed by atoms with Gasteiger partial charge in [0.2, 0.25) is 0 Å². The Balaban J connectivity index is 1.49. The van der Waals surface area contributed by atoms with Gasteiger partial charge in [-0.3, -0.25) is 9.69 Å². The molecular weight excluding hydrogens is 334 g/mol. The second-order valence-electron chi connectivity index (χ2n) is 7.04. The van der Waals surface area contributed by atoms with Gasteiger partial charge in [-0.25, -0.2) is 9.59 Å². The zero-order chi connectivity index (χ0) is 18.3. The lowest BCUT2D eigenvalue weighted by atomic mass is 9.87. The average molecular weight is 355 g/mol. The molecule has 1 aliphatic heterocycles. The predicted molar refractivity (Wildman–Crippen MR) is 94.9 cm³/mol. The second kappa shape index (κ2) is 6.48. The van der Waals surface area contributed by atoms with E-state index in [0.29, 0.717) is 24.6 Å². The second-order valence-corrected chi connectivity index (χ2v) is 7.04. The van der Waals surface area contributed by atoms with E-state index in [1.807, 2.05) is 12.1 Å². The van der Waals surface area contributed by atoms with Crippen molar-refractivity contribution in [3.05, 3.63) is 35.0 Å². The number of benzene rings is 1. The number of rotatable bonds is 3. The van der Waals surface area contributed by atoms with Gasteiger partial charge in [-0.1, -0.05) is 6.92 Å². The maximum absolute atomic E-state index is 12.3. The first-order valence-electron chi connectivity index (χ1n) is 8.91. The molecule has 1 saturated heterocycles. The van der Waals surface area contributed by atoms with Gasteiger partial charge in [0.1, 0.15) is 0 Å². The smallest absolute Gasteiger partial charge is 0.338 e. The molecule has 1 aromatic carbocycles. The highest BCUT2D eigenvalue weighted by Gasteiger charge is 2.27. The van der Waals surface area contributed by atoms with Crippen molar-refractivity contribution < 1.29 is 19.1 Å². The lowest BCUT2D eigenvalue weighted by molar-refractivity contribution is -0.130. The zero-order valence-corrected chi connectivity index (χ0v) is 14.6. The summed E-state index contributed by atoms with van der Waals surface area (Å²) in [6.07, 6.45) is 3.19. The van der Waals surface area contributed by atoms with Crippen molar-refractivity contribution in [2.45, 2.75) is 26.2 Å². The van der Waals surface area contributed by atoms with Crippen LogP contribution in [0, 0.1) is 5.92 Å². The first-order chi connectivity index (χ1) is 12.5. The van der Waals surface area contributed by atoms with Crippen LogP contribution in [0.1, 0.15) is 35.0 Å². The van der Waals surface area contributed by atoms with Gasteiger partial charge in [-0.2, -0.15) is 0 Å². The third-order valence-corrected chi connectivity index (χ3v) is 5.15. The quantitative estimate of drug-likeness (QED) is 0.824. The van der Waals surface area contributed by atoms with Gasteiger partial charge in [-0.15, -0.1) is 0 Å². The van der Waals surface area contributed by atoms with Gasteiger partial charge in [0, 0.05) is 29.7 Å². The molecule has 7 nitrogen and oxygen atoms in total. The highest BCUT2D eigenvalue weighted by Crippen LogP contribution is 2.32. The number of urea groups is 1. The van der Waals surface area contributed by atoms with Crippen molar-refractivity contribution in [1.82, 2.24) is 15.2 Å². The molecule has 2 N–H and O–H groups in total. The van der Waals surface area contributed by atoms with Gasteiger partial charge < -0.3 is 15.0 Å². The minimum Gasteiger partial charge on any atom is -0.452 e. The number of aromatic amines is 1. The summed E-state index contributed by atoms with van der Waals surface area (Å²) >= 11 is 0. The Morgan fingerprint density at radius 1 is 1.35 bits per heavy atom. The molecular formula is C19H21N3O4. The molecule has 1 fully saturated rings. The van der Waals surface area contributed by atoms with E-state index in [9.17, 15) is 14.4 Å². The summed E-state index contributed by atoms with van der Waals surface area (Å²) in [6.45, 7) is 2.52. The first kappa shape index (κ1) is 16.6.